The number of hydrogen-bond acceptors (Lipinski definition) is 2. The second-order valence-corrected chi connectivity index (χ2v) is 7.13. The molecule has 0 spiro atoms. The minimum absolute atomic E-state index is 0.502. The molecule has 0 aromatic rings. The molecule has 0 aliphatic carbocycles. The highest BCUT2D eigenvalue weighted by Gasteiger charge is 2.28. The smallest absolute Gasteiger partial charge is 0.00508 e. The normalized spacial score (nSPS) is 21.2. The zero-order valence-electron chi connectivity index (χ0n) is 13.3. The lowest BCUT2D eigenvalue weighted by Gasteiger charge is -2.39. The summed E-state index contributed by atoms with van der Waals surface area (Å²) in [7, 11) is 0. The van der Waals surface area contributed by atoms with Gasteiger partial charge in [-0.05, 0) is 70.1 Å². The van der Waals surface area contributed by atoms with Gasteiger partial charge in [0, 0.05) is 6.04 Å². The molecule has 1 unspecified atom stereocenters. The summed E-state index contributed by atoms with van der Waals surface area (Å²) >= 11 is 0. The van der Waals surface area contributed by atoms with Gasteiger partial charge in [-0.3, -0.25) is 0 Å². The predicted octanol–water partition coefficient (Wildman–Crippen LogP) is 3.52. The van der Waals surface area contributed by atoms with Crippen molar-refractivity contribution in [3.05, 3.63) is 0 Å². The predicted molar refractivity (Wildman–Crippen MR) is 81.0 cm³/mol. The lowest BCUT2D eigenvalue weighted by atomic mass is 9.75. The van der Waals surface area contributed by atoms with Crippen molar-refractivity contribution in [1.29, 1.82) is 0 Å². The minimum atomic E-state index is 0.502. The number of likely N-dealkylation sites (tertiary alicyclic amines) is 1. The molecule has 2 heteroatoms. The van der Waals surface area contributed by atoms with Crippen LogP contribution in [0.4, 0.5) is 0 Å². The zero-order chi connectivity index (χ0) is 13.6. The van der Waals surface area contributed by atoms with E-state index in [1.165, 1.54) is 45.3 Å². The quantitative estimate of drug-likeness (QED) is 0.780. The van der Waals surface area contributed by atoms with Crippen molar-refractivity contribution in [2.45, 2.75) is 66.3 Å². The van der Waals surface area contributed by atoms with Gasteiger partial charge in [-0.1, -0.05) is 27.7 Å². The molecule has 1 fully saturated rings. The van der Waals surface area contributed by atoms with E-state index in [1.807, 2.05) is 0 Å². The summed E-state index contributed by atoms with van der Waals surface area (Å²) in [4.78, 5) is 2.66. The summed E-state index contributed by atoms with van der Waals surface area (Å²) in [6.07, 6.45) is 5.31. The maximum absolute atomic E-state index is 3.58. The number of piperidine rings is 1. The number of nitrogens with zero attached hydrogens (tertiary/aromatic N) is 1. The molecule has 1 aliphatic heterocycles. The highest BCUT2D eigenvalue weighted by molar-refractivity contribution is 4.81. The Labute approximate surface area is 115 Å². The Balaban J connectivity index is 2.16. The molecule has 1 N–H and O–H groups in total. The molecule has 1 aliphatic rings. The summed E-state index contributed by atoms with van der Waals surface area (Å²) < 4.78 is 0. The Bertz CT molecular complexity index is 212. The molecule has 18 heavy (non-hydrogen) atoms. The van der Waals surface area contributed by atoms with Gasteiger partial charge in [-0.15, -0.1) is 0 Å². The van der Waals surface area contributed by atoms with Crippen LogP contribution < -0.4 is 5.32 Å². The maximum atomic E-state index is 3.58. The van der Waals surface area contributed by atoms with Crippen molar-refractivity contribution >= 4 is 0 Å². The first-order valence-electron chi connectivity index (χ1n) is 7.89. The van der Waals surface area contributed by atoms with Crippen molar-refractivity contribution in [3.63, 3.8) is 0 Å². The molecule has 1 rings (SSSR count). The molecular formula is C16H34N2. The van der Waals surface area contributed by atoms with Crippen molar-refractivity contribution in [2.75, 3.05) is 26.2 Å². The summed E-state index contributed by atoms with van der Waals surface area (Å²) in [5.41, 5.74) is 0.502. The van der Waals surface area contributed by atoms with Crippen LogP contribution in [0.5, 0.6) is 0 Å². The number of hydrogen-bond donors (Lipinski definition) is 1. The Morgan fingerprint density at radius 2 is 1.83 bits per heavy atom. The van der Waals surface area contributed by atoms with Gasteiger partial charge in [0.15, 0.2) is 0 Å². The van der Waals surface area contributed by atoms with Gasteiger partial charge in [0.25, 0.3) is 0 Å². The topological polar surface area (TPSA) is 15.3 Å². The van der Waals surface area contributed by atoms with E-state index in [2.05, 4.69) is 44.8 Å². The molecular weight excluding hydrogens is 220 g/mol. The second-order valence-electron chi connectivity index (χ2n) is 7.13. The van der Waals surface area contributed by atoms with E-state index in [1.54, 1.807) is 0 Å². The third kappa shape index (κ3) is 5.71. The van der Waals surface area contributed by atoms with Crippen molar-refractivity contribution < 1.29 is 0 Å². The van der Waals surface area contributed by atoms with E-state index < -0.39 is 0 Å². The highest BCUT2D eigenvalue weighted by atomic mass is 15.1. The highest BCUT2D eigenvalue weighted by Crippen LogP contribution is 2.34. The Morgan fingerprint density at radius 3 is 2.33 bits per heavy atom. The van der Waals surface area contributed by atoms with Crippen LogP contribution in [-0.4, -0.2) is 37.1 Å². The van der Waals surface area contributed by atoms with Crippen molar-refractivity contribution in [2.24, 2.45) is 11.3 Å². The minimum Gasteiger partial charge on any atom is -0.314 e. The fraction of sp³-hybridized carbons (Fsp3) is 1.00. The number of rotatable bonds is 6. The average Bonchev–Trinajstić information content (AvgIpc) is 2.33. The van der Waals surface area contributed by atoms with E-state index in [9.17, 15) is 0 Å². The van der Waals surface area contributed by atoms with E-state index in [0.29, 0.717) is 11.5 Å². The molecule has 0 aromatic heterocycles. The number of nitrogens with one attached hydrogen (secondary N) is 1. The third-order valence-corrected chi connectivity index (χ3v) is 4.43. The molecule has 2 nitrogen and oxygen atoms in total. The fourth-order valence-corrected chi connectivity index (χ4v) is 2.89. The molecule has 0 radical (unpaired) electrons. The standard InChI is InChI=1S/C16H34N2/c1-6-10-17-14(2)7-11-18-12-8-15(9-13-18)16(3,4)5/h14-15,17H,6-13H2,1-5H3. The largest absolute Gasteiger partial charge is 0.314 e. The first-order chi connectivity index (χ1) is 8.43. The van der Waals surface area contributed by atoms with Crippen molar-refractivity contribution in [1.82, 2.24) is 10.2 Å². The first kappa shape index (κ1) is 16.0. The first-order valence-corrected chi connectivity index (χ1v) is 7.89. The molecule has 1 saturated heterocycles. The van der Waals surface area contributed by atoms with E-state index >= 15 is 0 Å². The monoisotopic (exact) mass is 254 g/mol. The zero-order valence-corrected chi connectivity index (χ0v) is 13.3. The summed E-state index contributed by atoms with van der Waals surface area (Å²) in [5.74, 6) is 0.921. The van der Waals surface area contributed by atoms with Gasteiger partial charge in [0.1, 0.15) is 0 Å². The van der Waals surface area contributed by atoms with Crippen LogP contribution in [0.2, 0.25) is 0 Å². The summed E-state index contributed by atoms with van der Waals surface area (Å²) in [6, 6.07) is 0.672. The van der Waals surface area contributed by atoms with Crippen LogP contribution in [0.3, 0.4) is 0 Å². The molecule has 0 amide bonds. The molecule has 1 heterocycles. The maximum Gasteiger partial charge on any atom is 0.00508 e. The van der Waals surface area contributed by atoms with Gasteiger partial charge in [0.05, 0.1) is 0 Å². The van der Waals surface area contributed by atoms with Gasteiger partial charge in [0.2, 0.25) is 0 Å². The lowest BCUT2D eigenvalue weighted by Crippen LogP contribution is -2.40. The molecule has 0 saturated carbocycles. The van der Waals surface area contributed by atoms with E-state index in [0.717, 1.165) is 12.5 Å². The lowest BCUT2D eigenvalue weighted by molar-refractivity contribution is 0.110. The third-order valence-electron chi connectivity index (χ3n) is 4.43. The molecule has 0 aromatic carbocycles. The van der Waals surface area contributed by atoms with E-state index in [-0.39, 0.29) is 0 Å². The SMILES string of the molecule is CCCNC(C)CCN1CCC(C(C)(C)C)CC1. The Kier molecular flexibility index (Phi) is 6.65. The van der Waals surface area contributed by atoms with Crippen LogP contribution in [0.15, 0.2) is 0 Å². The second kappa shape index (κ2) is 7.49. The van der Waals surface area contributed by atoms with Crippen LogP contribution in [-0.2, 0) is 0 Å². The molecule has 1 atom stereocenters. The van der Waals surface area contributed by atoms with Crippen LogP contribution in [0, 0.1) is 11.3 Å². The Morgan fingerprint density at radius 1 is 1.22 bits per heavy atom. The van der Waals surface area contributed by atoms with Gasteiger partial charge < -0.3 is 10.2 Å². The van der Waals surface area contributed by atoms with Crippen LogP contribution in [0.25, 0.3) is 0 Å². The van der Waals surface area contributed by atoms with Gasteiger partial charge in [-0.2, -0.15) is 0 Å². The van der Waals surface area contributed by atoms with Crippen LogP contribution >= 0.6 is 0 Å². The van der Waals surface area contributed by atoms with Gasteiger partial charge >= 0.3 is 0 Å². The molecule has 0 bridgehead atoms. The van der Waals surface area contributed by atoms with E-state index in [4.69, 9.17) is 0 Å². The average molecular weight is 254 g/mol. The summed E-state index contributed by atoms with van der Waals surface area (Å²) in [5, 5.41) is 3.58. The van der Waals surface area contributed by atoms with Crippen molar-refractivity contribution in [3.8, 4) is 0 Å². The summed E-state index contributed by atoms with van der Waals surface area (Å²) in [6.45, 7) is 16.8. The Hall–Kier alpha value is -0.0800. The molecule has 108 valence electrons. The fourth-order valence-electron chi connectivity index (χ4n) is 2.89. The van der Waals surface area contributed by atoms with Crippen LogP contribution in [0.1, 0.15) is 60.3 Å². The van der Waals surface area contributed by atoms with Gasteiger partial charge in [-0.25, -0.2) is 0 Å².